The van der Waals surface area contributed by atoms with Crippen LogP contribution in [-0.2, 0) is 0 Å². The van der Waals surface area contributed by atoms with Gasteiger partial charge in [-0.3, -0.25) is 4.79 Å². The van der Waals surface area contributed by atoms with Gasteiger partial charge < -0.3 is 4.98 Å². The third-order valence-corrected chi connectivity index (χ3v) is 4.37. The van der Waals surface area contributed by atoms with Crippen LogP contribution in [0.3, 0.4) is 0 Å². The number of carbonyl (C=O) groups excluding carboxylic acids is 1. The van der Waals surface area contributed by atoms with Crippen molar-refractivity contribution in [2.75, 3.05) is 0 Å². The summed E-state index contributed by atoms with van der Waals surface area (Å²) in [6.07, 6.45) is 4.67. The van der Waals surface area contributed by atoms with Crippen LogP contribution in [0.5, 0.6) is 0 Å². The number of aromatic amines is 1. The number of carbonyl (C=O) groups is 1. The molecule has 0 aliphatic heterocycles. The number of nitriles is 1. The molecular weight excluding hydrogens is 338 g/mol. The Morgan fingerprint density at radius 1 is 1.19 bits per heavy atom. The van der Waals surface area contributed by atoms with E-state index >= 15 is 0 Å². The highest BCUT2D eigenvalue weighted by Gasteiger charge is 2.19. The first-order valence-electron chi connectivity index (χ1n) is 8.36. The Bertz CT molecular complexity index is 1190. The molecule has 2 aromatic carbocycles. The Morgan fingerprint density at radius 3 is 2.67 bits per heavy atom. The molecule has 0 atom stereocenters. The van der Waals surface area contributed by atoms with Crippen LogP contribution >= 0.6 is 0 Å². The highest BCUT2D eigenvalue weighted by Crippen LogP contribution is 2.25. The molecule has 4 rings (SSSR count). The minimum absolute atomic E-state index is 0.0939. The molecule has 6 nitrogen and oxygen atoms in total. The van der Waals surface area contributed by atoms with E-state index in [1.165, 1.54) is 6.33 Å². The van der Waals surface area contributed by atoms with E-state index in [-0.39, 0.29) is 11.4 Å². The van der Waals surface area contributed by atoms with E-state index in [0.29, 0.717) is 5.56 Å². The molecule has 0 aliphatic carbocycles. The zero-order valence-electron chi connectivity index (χ0n) is 14.5. The van der Waals surface area contributed by atoms with Crippen molar-refractivity contribution in [3.05, 3.63) is 83.6 Å². The largest absolute Gasteiger partial charge is 0.358 e. The molecule has 0 bridgehead atoms. The standard InChI is InChI=1S/C21H15N5O/c1-14-20(18-4-2-3-5-19(18)25-14)21(27)16(11-22)10-15-6-8-17(9-7-15)26-13-23-12-24-26/h2-10,12-13,25H,1H3/b16-10-. The number of para-hydroxylation sites is 1. The molecule has 6 heteroatoms. The molecule has 0 saturated heterocycles. The predicted molar refractivity (Wildman–Crippen MR) is 102 cm³/mol. The van der Waals surface area contributed by atoms with Gasteiger partial charge >= 0.3 is 0 Å². The van der Waals surface area contributed by atoms with Gasteiger partial charge in [-0.25, -0.2) is 9.67 Å². The highest BCUT2D eigenvalue weighted by atomic mass is 16.1. The van der Waals surface area contributed by atoms with Gasteiger partial charge in [-0.1, -0.05) is 30.3 Å². The summed E-state index contributed by atoms with van der Waals surface area (Å²) in [5.41, 5.74) is 3.88. The van der Waals surface area contributed by atoms with Gasteiger partial charge in [0.05, 0.1) is 11.3 Å². The van der Waals surface area contributed by atoms with Crippen LogP contribution in [0.4, 0.5) is 0 Å². The van der Waals surface area contributed by atoms with E-state index in [1.807, 2.05) is 61.5 Å². The summed E-state index contributed by atoms with van der Waals surface area (Å²) in [5, 5.41) is 14.4. The van der Waals surface area contributed by atoms with Crippen molar-refractivity contribution < 1.29 is 4.79 Å². The maximum absolute atomic E-state index is 13.0. The second kappa shape index (κ2) is 6.73. The minimum atomic E-state index is -0.284. The molecular formula is C21H15N5O. The van der Waals surface area contributed by atoms with Gasteiger partial charge in [0.2, 0.25) is 5.78 Å². The average Bonchev–Trinajstić information content (AvgIpc) is 3.33. The van der Waals surface area contributed by atoms with Crippen molar-refractivity contribution in [1.82, 2.24) is 19.7 Å². The molecule has 130 valence electrons. The summed E-state index contributed by atoms with van der Waals surface area (Å²) in [6.45, 7) is 1.84. The van der Waals surface area contributed by atoms with E-state index in [2.05, 4.69) is 15.1 Å². The molecule has 0 radical (unpaired) electrons. The van der Waals surface area contributed by atoms with Gasteiger partial charge in [-0.2, -0.15) is 10.4 Å². The third kappa shape index (κ3) is 3.02. The zero-order chi connectivity index (χ0) is 18.8. The highest BCUT2D eigenvalue weighted by molar-refractivity contribution is 6.20. The molecule has 0 fully saturated rings. The second-order valence-corrected chi connectivity index (χ2v) is 6.10. The fourth-order valence-electron chi connectivity index (χ4n) is 3.08. The summed E-state index contributed by atoms with van der Waals surface area (Å²) in [6, 6.07) is 17.0. The maximum Gasteiger partial charge on any atom is 0.205 e. The Kier molecular flexibility index (Phi) is 4.11. The number of fused-ring (bicyclic) bond motifs is 1. The number of Topliss-reactive ketones (excluding diaryl/α,β-unsaturated/α-hetero) is 1. The van der Waals surface area contributed by atoms with Crippen LogP contribution in [0.15, 0.2) is 66.8 Å². The maximum atomic E-state index is 13.0. The SMILES string of the molecule is Cc1[nH]c2ccccc2c1C(=O)/C(C#N)=C\c1ccc(-n2cncn2)cc1. The predicted octanol–water partition coefficient (Wildman–Crippen LogP) is 3.85. The van der Waals surface area contributed by atoms with E-state index in [4.69, 9.17) is 0 Å². The number of rotatable bonds is 4. The normalized spacial score (nSPS) is 11.5. The van der Waals surface area contributed by atoms with Gasteiger partial charge in [0.1, 0.15) is 24.3 Å². The zero-order valence-corrected chi connectivity index (χ0v) is 14.5. The van der Waals surface area contributed by atoms with E-state index in [0.717, 1.165) is 27.8 Å². The van der Waals surface area contributed by atoms with Gasteiger partial charge in [0.15, 0.2) is 0 Å². The lowest BCUT2D eigenvalue weighted by molar-refractivity contribution is 0.104. The van der Waals surface area contributed by atoms with Crippen LogP contribution in [-0.4, -0.2) is 25.5 Å². The number of aryl methyl sites for hydroxylation is 1. The topological polar surface area (TPSA) is 87.4 Å². The number of nitrogens with zero attached hydrogens (tertiary/aromatic N) is 4. The first-order valence-corrected chi connectivity index (χ1v) is 8.36. The van der Waals surface area contributed by atoms with Crippen molar-refractivity contribution in [2.45, 2.75) is 6.92 Å². The number of hydrogen-bond donors (Lipinski definition) is 1. The van der Waals surface area contributed by atoms with Crippen molar-refractivity contribution >= 4 is 22.8 Å². The third-order valence-electron chi connectivity index (χ3n) is 4.37. The number of ketones is 1. The number of benzene rings is 2. The average molecular weight is 353 g/mol. The second-order valence-electron chi connectivity index (χ2n) is 6.10. The Labute approximate surface area is 155 Å². The molecule has 0 amide bonds. The fraction of sp³-hybridized carbons (Fsp3) is 0.0476. The first-order chi connectivity index (χ1) is 13.2. The summed E-state index contributed by atoms with van der Waals surface area (Å²) >= 11 is 0. The number of hydrogen-bond acceptors (Lipinski definition) is 4. The number of H-pyrrole nitrogens is 1. The summed E-state index contributed by atoms with van der Waals surface area (Å²) < 4.78 is 1.64. The van der Waals surface area contributed by atoms with Gasteiger partial charge in [0.25, 0.3) is 0 Å². The van der Waals surface area contributed by atoms with Crippen LogP contribution in [0, 0.1) is 18.3 Å². The van der Waals surface area contributed by atoms with Crippen molar-refractivity contribution in [2.24, 2.45) is 0 Å². The molecule has 0 unspecified atom stereocenters. The first kappa shape index (κ1) is 16.5. The number of allylic oxidation sites excluding steroid dienone is 1. The summed E-state index contributed by atoms with van der Waals surface area (Å²) in [7, 11) is 0. The summed E-state index contributed by atoms with van der Waals surface area (Å²) in [5.74, 6) is -0.284. The Balaban J connectivity index is 1.70. The van der Waals surface area contributed by atoms with E-state index in [1.54, 1.807) is 17.1 Å². The van der Waals surface area contributed by atoms with Crippen LogP contribution in [0.1, 0.15) is 21.6 Å². The lowest BCUT2D eigenvalue weighted by Gasteiger charge is -2.03. The lowest BCUT2D eigenvalue weighted by Crippen LogP contribution is -2.03. The van der Waals surface area contributed by atoms with Gasteiger partial charge in [0, 0.05) is 16.6 Å². The Morgan fingerprint density at radius 2 is 1.96 bits per heavy atom. The summed E-state index contributed by atoms with van der Waals surface area (Å²) in [4.78, 5) is 20.1. The molecule has 1 N–H and O–H groups in total. The molecule has 0 aliphatic rings. The van der Waals surface area contributed by atoms with Gasteiger partial charge in [-0.15, -0.1) is 0 Å². The smallest absolute Gasteiger partial charge is 0.205 e. The Hall–Kier alpha value is -3.98. The molecule has 0 saturated carbocycles. The molecule has 0 spiro atoms. The quantitative estimate of drug-likeness (QED) is 0.343. The van der Waals surface area contributed by atoms with Crippen molar-refractivity contribution in [1.29, 1.82) is 5.26 Å². The lowest BCUT2D eigenvalue weighted by atomic mass is 9.99. The molecule has 2 heterocycles. The van der Waals surface area contributed by atoms with Crippen LogP contribution in [0.2, 0.25) is 0 Å². The monoisotopic (exact) mass is 353 g/mol. The van der Waals surface area contributed by atoms with Crippen molar-refractivity contribution in [3.8, 4) is 11.8 Å². The molecule has 27 heavy (non-hydrogen) atoms. The van der Waals surface area contributed by atoms with E-state index < -0.39 is 0 Å². The molecule has 2 aromatic heterocycles. The number of aromatic nitrogens is 4. The molecule has 4 aromatic rings. The fourth-order valence-corrected chi connectivity index (χ4v) is 3.08. The number of nitrogens with one attached hydrogen (secondary N) is 1. The van der Waals surface area contributed by atoms with Crippen molar-refractivity contribution in [3.63, 3.8) is 0 Å². The van der Waals surface area contributed by atoms with Crippen LogP contribution in [0.25, 0.3) is 22.7 Å². The van der Waals surface area contributed by atoms with Crippen LogP contribution < -0.4 is 0 Å². The minimum Gasteiger partial charge on any atom is -0.358 e. The van der Waals surface area contributed by atoms with Gasteiger partial charge in [-0.05, 0) is 36.8 Å². The van der Waals surface area contributed by atoms with E-state index in [9.17, 15) is 10.1 Å².